The molecular weight excluding hydrogens is 401 g/mol. The summed E-state index contributed by atoms with van der Waals surface area (Å²) in [5, 5.41) is 11.5. The normalized spacial score (nSPS) is 14.9. The number of alkyl halides is 3. The Morgan fingerprint density at radius 3 is 2.36 bits per heavy atom. The van der Waals surface area contributed by atoms with E-state index in [4.69, 9.17) is 11.6 Å². The van der Waals surface area contributed by atoms with Crippen molar-refractivity contribution >= 4 is 28.9 Å². The minimum atomic E-state index is -4.67. The van der Waals surface area contributed by atoms with Crippen molar-refractivity contribution in [3.8, 4) is 0 Å². The molecule has 1 amide bonds. The number of benzene rings is 1. The number of rotatable bonds is 3. The third kappa shape index (κ3) is 4.16. The standard InChI is InChI=1S/C17H14ClF3N4O3/c18-15-4-1-11(10-22-15)16(26)24-7-5-23(6-8-24)13-3-2-12(17(19,20)21)9-14(13)25(27)28/h1-4,9-10H,5-8H2. The molecule has 1 aliphatic heterocycles. The van der Waals surface area contributed by atoms with Crippen LogP contribution in [0, 0.1) is 10.1 Å². The third-order valence-electron chi connectivity index (χ3n) is 4.38. The van der Waals surface area contributed by atoms with Crippen LogP contribution in [0.5, 0.6) is 0 Å². The molecule has 1 aromatic carbocycles. The van der Waals surface area contributed by atoms with Crippen molar-refractivity contribution in [1.82, 2.24) is 9.88 Å². The minimum Gasteiger partial charge on any atom is -0.362 e. The van der Waals surface area contributed by atoms with Gasteiger partial charge < -0.3 is 9.80 Å². The van der Waals surface area contributed by atoms with Crippen LogP contribution in [0.1, 0.15) is 15.9 Å². The Morgan fingerprint density at radius 2 is 1.82 bits per heavy atom. The molecule has 148 valence electrons. The molecule has 28 heavy (non-hydrogen) atoms. The number of pyridine rings is 1. The zero-order valence-electron chi connectivity index (χ0n) is 14.3. The first kappa shape index (κ1) is 19.9. The first-order valence-corrected chi connectivity index (χ1v) is 8.56. The first-order chi connectivity index (χ1) is 13.2. The molecule has 0 radical (unpaired) electrons. The molecule has 0 unspecified atom stereocenters. The average molecular weight is 415 g/mol. The van der Waals surface area contributed by atoms with Crippen LogP contribution in [0.25, 0.3) is 0 Å². The van der Waals surface area contributed by atoms with E-state index in [0.717, 1.165) is 12.1 Å². The predicted octanol–water partition coefficient (Wildman–Crippen LogP) is 3.62. The molecule has 7 nitrogen and oxygen atoms in total. The van der Waals surface area contributed by atoms with Crippen molar-refractivity contribution < 1.29 is 22.9 Å². The Labute approximate surface area is 162 Å². The summed E-state index contributed by atoms with van der Waals surface area (Å²) < 4.78 is 38.5. The highest BCUT2D eigenvalue weighted by atomic mass is 35.5. The Hall–Kier alpha value is -2.88. The molecule has 1 aromatic heterocycles. The lowest BCUT2D eigenvalue weighted by molar-refractivity contribution is -0.384. The number of halogens is 4. The Morgan fingerprint density at radius 1 is 1.14 bits per heavy atom. The van der Waals surface area contributed by atoms with Crippen molar-refractivity contribution in [2.45, 2.75) is 6.18 Å². The summed E-state index contributed by atoms with van der Waals surface area (Å²) in [6.45, 7) is 1.02. The molecule has 0 N–H and O–H groups in total. The third-order valence-corrected chi connectivity index (χ3v) is 4.60. The topological polar surface area (TPSA) is 79.6 Å². The summed E-state index contributed by atoms with van der Waals surface area (Å²) in [7, 11) is 0. The maximum Gasteiger partial charge on any atom is 0.416 e. The highest BCUT2D eigenvalue weighted by molar-refractivity contribution is 6.29. The van der Waals surface area contributed by atoms with E-state index in [1.807, 2.05) is 0 Å². The molecule has 0 atom stereocenters. The molecule has 2 heterocycles. The fourth-order valence-corrected chi connectivity index (χ4v) is 3.06. The smallest absolute Gasteiger partial charge is 0.362 e. The van der Waals surface area contributed by atoms with Crippen LogP contribution in [-0.4, -0.2) is 46.9 Å². The van der Waals surface area contributed by atoms with Gasteiger partial charge in [-0.1, -0.05) is 11.6 Å². The number of carbonyl (C=O) groups excluding carboxylic acids is 1. The maximum atomic E-state index is 12.8. The van der Waals surface area contributed by atoms with Crippen molar-refractivity contribution in [3.63, 3.8) is 0 Å². The van der Waals surface area contributed by atoms with Gasteiger partial charge >= 0.3 is 6.18 Å². The van der Waals surface area contributed by atoms with E-state index < -0.39 is 22.4 Å². The second-order valence-electron chi connectivity index (χ2n) is 6.11. The molecule has 0 saturated carbocycles. The van der Waals surface area contributed by atoms with E-state index in [9.17, 15) is 28.1 Å². The van der Waals surface area contributed by atoms with Crippen LogP contribution < -0.4 is 4.90 Å². The lowest BCUT2D eigenvalue weighted by Gasteiger charge is -2.35. The van der Waals surface area contributed by atoms with E-state index in [1.54, 1.807) is 15.9 Å². The van der Waals surface area contributed by atoms with Crippen LogP contribution >= 0.6 is 11.6 Å². The number of hydrogen-bond donors (Lipinski definition) is 0. The van der Waals surface area contributed by atoms with Gasteiger partial charge in [-0.25, -0.2) is 4.98 Å². The summed E-state index contributed by atoms with van der Waals surface area (Å²) in [6, 6.07) is 5.49. The predicted molar refractivity (Wildman–Crippen MR) is 95.5 cm³/mol. The van der Waals surface area contributed by atoms with Gasteiger partial charge in [-0.15, -0.1) is 0 Å². The van der Waals surface area contributed by atoms with Gasteiger partial charge in [0.05, 0.1) is 16.1 Å². The fourth-order valence-electron chi connectivity index (χ4n) is 2.95. The Kier molecular flexibility index (Phi) is 5.41. The largest absolute Gasteiger partial charge is 0.416 e. The average Bonchev–Trinajstić information content (AvgIpc) is 2.67. The quantitative estimate of drug-likeness (QED) is 0.435. The highest BCUT2D eigenvalue weighted by Gasteiger charge is 2.34. The van der Waals surface area contributed by atoms with Gasteiger partial charge in [-0.3, -0.25) is 14.9 Å². The van der Waals surface area contributed by atoms with Crippen LogP contribution in [0.4, 0.5) is 24.5 Å². The SMILES string of the molecule is O=C(c1ccc(Cl)nc1)N1CCN(c2ccc(C(F)(F)F)cc2[N+](=O)[O-])CC1. The molecule has 2 aromatic rings. The first-order valence-electron chi connectivity index (χ1n) is 8.18. The number of nitrogens with zero attached hydrogens (tertiary/aromatic N) is 4. The summed E-state index contributed by atoms with van der Waals surface area (Å²) in [5.74, 6) is -0.259. The number of hydrogen-bond acceptors (Lipinski definition) is 5. The summed E-state index contributed by atoms with van der Waals surface area (Å²) in [4.78, 5) is 29.9. The van der Waals surface area contributed by atoms with E-state index >= 15 is 0 Å². The monoisotopic (exact) mass is 414 g/mol. The molecule has 1 aliphatic rings. The zero-order chi connectivity index (χ0) is 20.5. The van der Waals surface area contributed by atoms with Gasteiger partial charge in [0.1, 0.15) is 10.8 Å². The Bertz CT molecular complexity index is 898. The zero-order valence-corrected chi connectivity index (χ0v) is 15.1. The van der Waals surface area contributed by atoms with Crippen molar-refractivity contribution in [1.29, 1.82) is 0 Å². The van der Waals surface area contributed by atoms with E-state index in [0.29, 0.717) is 11.6 Å². The van der Waals surface area contributed by atoms with E-state index in [2.05, 4.69) is 4.98 Å². The molecule has 1 saturated heterocycles. The molecule has 0 aliphatic carbocycles. The highest BCUT2D eigenvalue weighted by Crippen LogP contribution is 2.36. The number of nitro benzene ring substituents is 1. The summed E-state index contributed by atoms with van der Waals surface area (Å²) in [6.07, 6.45) is -3.31. The Balaban J connectivity index is 1.75. The second-order valence-corrected chi connectivity index (χ2v) is 6.49. The molecule has 1 fully saturated rings. The fraction of sp³-hybridized carbons (Fsp3) is 0.294. The summed E-state index contributed by atoms with van der Waals surface area (Å²) >= 11 is 5.70. The van der Waals surface area contributed by atoms with E-state index in [-0.39, 0.29) is 42.9 Å². The number of aromatic nitrogens is 1. The van der Waals surface area contributed by atoms with Gasteiger partial charge in [-0.2, -0.15) is 13.2 Å². The minimum absolute atomic E-state index is 0.0956. The lowest BCUT2D eigenvalue weighted by atomic mass is 10.1. The number of anilines is 1. The second kappa shape index (κ2) is 7.63. The molecular formula is C17H14ClF3N4O3. The molecule has 0 bridgehead atoms. The molecule has 0 spiro atoms. The van der Waals surface area contributed by atoms with E-state index in [1.165, 1.54) is 12.3 Å². The van der Waals surface area contributed by atoms with Gasteiger partial charge in [0.15, 0.2) is 0 Å². The van der Waals surface area contributed by atoms with Gasteiger partial charge in [-0.05, 0) is 24.3 Å². The van der Waals surface area contributed by atoms with Crippen LogP contribution in [0.2, 0.25) is 5.15 Å². The van der Waals surface area contributed by atoms with Gasteiger partial charge in [0.2, 0.25) is 0 Å². The van der Waals surface area contributed by atoms with Crippen LogP contribution in [0.15, 0.2) is 36.5 Å². The van der Waals surface area contributed by atoms with Crippen LogP contribution in [-0.2, 0) is 6.18 Å². The van der Waals surface area contributed by atoms with Crippen molar-refractivity contribution in [3.05, 3.63) is 62.9 Å². The van der Waals surface area contributed by atoms with Crippen molar-refractivity contribution in [2.75, 3.05) is 31.1 Å². The van der Waals surface area contributed by atoms with Gasteiger partial charge in [0.25, 0.3) is 11.6 Å². The number of amides is 1. The number of nitro groups is 1. The molecule has 11 heteroatoms. The summed E-state index contributed by atoms with van der Waals surface area (Å²) in [5.41, 5.74) is -1.24. The van der Waals surface area contributed by atoms with Crippen molar-refractivity contribution in [2.24, 2.45) is 0 Å². The number of carbonyl (C=O) groups is 1. The maximum absolute atomic E-state index is 12.8. The molecule has 3 rings (SSSR count). The van der Waals surface area contributed by atoms with Gasteiger partial charge in [0, 0.05) is 38.4 Å². The van der Waals surface area contributed by atoms with Crippen LogP contribution in [0.3, 0.4) is 0 Å². The number of piperazine rings is 1. The lowest BCUT2D eigenvalue weighted by Crippen LogP contribution is -2.49.